The van der Waals surface area contributed by atoms with Crippen molar-refractivity contribution in [2.24, 2.45) is 5.92 Å². The van der Waals surface area contributed by atoms with Gasteiger partial charge in [-0.25, -0.2) is 0 Å². The maximum absolute atomic E-state index is 12.9. The number of likely N-dealkylation sites (tertiary alicyclic amines) is 1. The smallest absolute Gasteiger partial charge is 0.238 e. The molecule has 2 heterocycles. The summed E-state index contributed by atoms with van der Waals surface area (Å²) in [5, 5.41) is 5.73. The van der Waals surface area contributed by atoms with Gasteiger partial charge in [0.15, 0.2) is 11.6 Å². The molecule has 5 rings (SSSR count). The summed E-state index contributed by atoms with van der Waals surface area (Å²) < 4.78 is 5.24. The first-order valence-electron chi connectivity index (χ1n) is 11.6. The number of furan rings is 1. The Morgan fingerprint density at radius 2 is 1.57 bits per heavy atom. The normalized spacial score (nSPS) is 15.9. The van der Waals surface area contributed by atoms with Gasteiger partial charge in [-0.15, -0.1) is 0 Å². The molecule has 2 amide bonds. The minimum Gasteiger partial charge on any atom is -0.467 e. The van der Waals surface area contributed by atoms with E-state index in [1.807, 2.05) is 11.0 Å². The zero-order chi connectivity index (χ0) is 24.4. The van der Waals surface area contributed by atoms with Gasteiger partial charge in [0.1, 0.15) is 5.76 Å². The number of amides is 2. The van der Waals surface area contributed by atoms with Crippen molar-refractivity contribution in [2.45, 2.75) is 19.4 Å². The average molecular weight is 472 g/mol. The fraction of sp³-hybridized carbons (Fsp3) is 0.259. The van der Waals surface area contributed by atoms with Crippen LogP contribution in [0.5, 0.6) is 0 Å². The second-order valence-electron chi connectivity index (χ2n) is 8.86. The van der Waals surface area contributed by atoms with Gasteiger partial charge in [-0.3, -0.25) is 24.1 Å². The summed E-state index contributed by atoms with van der Waals surface area (Å²) in [6, 6.07) is 15.2. The molecule has 178 valence electrons. The highest BCUT2D eigenvalue weighted by atomic mass is 16.3. The Kier molecular flexibility index (Phi) is 6.29. The molecule has 0 radical (unpaired) electrons. The Morgan fingerprint density at radius 3 is 2.26 bits per heavy atom. The number of nitrogens with zero attached hydrogens (tertiary/aromatic N) is 1. The van der Waals surface area contributed by atoms with Crippen LogP contribution in [0.4, 0.5) is 5.69 Å². The molecule has 8 heteroatoms. The molecular formula is C27H25N3O5. The van der Waals surface area contributed by atoms with Gasteiger partial charge in [-0.05, 0) is 56.3 Å². The fourth-order valence-corrected chi connectivity index (χ4v) is 4.67. The predicted octanol–water partition coefficient (Wildman–Crippen LogP) is 3.02. The minimum atomic E-state index is -0.223. The van der Waals surface area contributed by atoms with Gasteiger partial charge in [-0.1, -0.05) is 24.3 Å². The SMILES string of the molecule is O=C(CN1CCC(C(=O)NCc2ccco2)CC1)Nc1ccc2c(c1)C(=O)c1ccccc1C2=O. The van der Waals surface area contributed by atoms with E-state index >= 15 is 0 Å². The Balaban J connectivity index is 1.14. The van der Waals surface area contributed by atoms with E-state index in [9.17, 15) is 19.2 Å². The largest absolute Gasteiger partial charge is 0.467 e. The minimum absolute atomic E-state index is 0.000323. The van der Waals surface area contributed by atoms with Gasteiger partial charge < -0.3 is 15.1 Å². The molecule has 35 heavy (non-hydrogen) atoms. The maximum Gasteiger partial charge on any atom is 0.238 e. The van der Waals surface area contributed by atoms with E-state index in [0.29, 0.717) is 66.2 Å². The van der Waals surface area contributed by atoms with Crippen molar-refractivity contribution >= 4 is 29.1 Å². The molecule has 0 unspecified atom stereocenters. The zero-order valence-corrected chi connectivity index (χ0v) is 19.1. The van der Waals surface area contributed by atoms with E-state index in [1.165, 1.54) is 0 Å². The van der Waals surface area contributed by atoms with Gasteiger partial charge in [0, 0.05) is 33.9 Å². The lowest BCUT2D eigenvalue weighted by atomic mass is 9.84. The summed E-state index contributed by atoms with van der Waals surface area (Å²) in [6.45, 7) is 1.84. The first kappa shape index (κ1) is 22.7. The van der Waals surface area contributed by atoms with Crippen LogP contribution in [0.3, 0.4) is 0 Å². The summed E-state index contributed by atoms with van der Waals surface area (Å²) in [5.41, 5.74) is 1.90. The standard InChI is InChI=1S/C27H25N3O5/c31-24(16-30-11-9-17(10-12-30)27(34)28-15-19-4-3-13-35-19)29-18-7-8-22-23(14-18)26(33)21-6-2-1-5-20(21)25(22)32/h1-8,13-14,17H,9-12,15-16H2,(H,28,34)(H,29,31). The van der Waals surface area contributed by atoms with Crippen molar-refractivity contribution < 1.29 is 23.6 Å². The predicted molar refractivity (Wildman–Crippen MR) is 128 cm³/mol. The molecule has 0 saturated carbocycles. The molecule has 0 bridgehead atoms. The zero-order valence-electron chi connectivity index (χ0n) is 19.1. The van der Waals surface area contributed by atoms with Crippen LogP contribution in [0.25, 0.3) is 0 Å². The Labute approximate surface area is 202 Å². The summed E-state index contributed by atoms with van der Waals surface area (Å²) in [5.74, 6) is 0.00472. The van der Waals surface area contributed by atoms with Crippen LogP contribution in [-0.2, 0) is 16.1 Å². The van der Waals surface area contributed by atoms with Crippen LogP contribution in [-0.4, -0.2) is 47.9 Å². The lowest BCUT2D eigenvalue weighted by Gasteiger charge is -2.30. The lowest BCUT2D eigenvalue weighted by molar-refractivity contribution is -0.126. The van der Waals surface area contributed by atoms with E-state index in [1.54, 1.807) is 54.8 Å². The second-order valence-corrected chi connectivity index (χ2v) is 8.86. The molecule has 1 aliphatic carbocycles. The van der Waals surface area contributed by atoms with Gasteiger partial charge in [0.05, 0.1) is 19.4 Å². The third-order valence-electron chi connectivity index (χ3n) is 6.55. The monoisotopic (exact) mass is 471 g/mol. The summed E-state index contributed by atoms with van der Waals surface area (Å²) in [4.78, 5) is 52.7. The van der Waals surface area contributed by atoms with Crippen molar-refractivity contribution in [3.8, 4) is 0 Å². The quantitative estimate of drug-likeness (QED) is 0.448. The summed E-state index contributed by atoms with van der Waals surface area (Å²) >= 11 is 0. The lowest BCUT2D eigenvalue weighted by Crippen LogP contribution is -2.43. The Hall–Kier alpha value is -4.04. The van der Waals surface area contributed by atoms with Crippen molar-refractivity contribution in [3.05, 3.63) is 88.9 Å². The number of nitrogens with one attached hydrogen (secondary N) is 2. The molecule has 0 spiro atoms. The van der Waals surface area contributed by atoms with E-state index in [-0.39, 0.29) is 35.8 Å². The van der Waals surface area contributed by atoms with Crippen molar-refractivity contribution in [1.29, 1.82) is 0 Å². The Bertz CT molecular complexity index is 1290. The number of fused-ring (bicyclic) bond motifs is 2. The van der Waals surface area contributed by atoms with Crippen molar-refractivity contribution in [3.63, 3.8) is 0 Å². The van der Waals surface area contributed by atoms with Crippen LogP contribution in [0.15, 0.2) is 65.3 Å². The highest BCUT2D eigenvalue weighted by Crippen LogP contribution is 2.29. The number of ketones is 2. The van der Waals surface area contributed by atoms with Crippen LogP contribution in [0.2, 0.25) is 0 Å². The van der Waals surface area contributed by atoms with Crippen LogP contribution >= 0.6 is 0 Å². The molecule has 8 nitrogen and oxygen atoms in total. The van der Waals surface area contributed by atoms with Crippen molar-refractivity contribution in [2.75, 3.05) is 25.0 Å². The maximum atomic E-state index is 12.9. The van der Waals surface area contributed by atoms with Gasteiger partial charge >= 0.3 is 0 Å². The molecule has 3 aromatic rings. The number of anilines is 1. The number of piperidine rings is 1. The Morgan fingerprint density at radius 1 is 0.886 bits per heavy atom. The first-order valence-corrected chi connectivity index (χ1v) is 11.6. The van der Waals surface area contributed by atoms with Gasteiger partial charge in [0.2, 0.25) is 11.8 Å². The number of carbonyl (C=O) groups excluding carboxylic acids is 4. The molecule has 1 fully saturated rings. The molecule has 1 aromatic heterocycles. The number of carbonyl (C=O) groups is 4. The van der Waals surface area contributed by atoms with E-state index < -0.39 is 0 Å². The van der Waals surface area contributed by atoms with E-state index in [2.05, 4.69) is 10.6 Å². The number of rotatable bonds is 6. The summed E-state index contributed by atoms with van der Waals surface area (Å²) in [6.07, 6.45) is 2.92. The molecule has 2 aliphatic rings. The van der Waals surface area contributed by atoms with Crippen molar-refractivity contribution in [1.82, 2.24) is 10.2 Å². The average Bonchev–Trinajstić information content (AvgIpc) is 3.40. The number of hydrogen-bond donors (Lipinski definition) is 2. The van der Waals surface area contributed by atoms with Crippen LogP contribution in [0, 0.1) is 5.92 Å². The third-order valence-corrected chi connectivity index (χ3v) is 6.55. The second kappa shape index (κ2) is 9.68. The van der Waals surface area contributed by atoms with Crippen LogP contribution in [0.1, 0.15) is 50.4 Å². The van der Waals surface area contributed by atoms with E-state index in [4.69, 9.17) is 4.42 Å². The number of benzene rings is 2. The van der Waals surface area contributed by atoms with Gasteiger partial charge in [0.25, 0.3) is 0 Å². The molecular weight excluding hydrogens is 446 g/mol. The summed E-state index contributed by atoms with van der Waals surface area (Å²) in [7, 11) is 0. The fourth-order valence-electron chi connectivity index (χ4n) is 4.67. The van der Waals surface area contributed by atoms with E-state index in [0.717, 1.165) is 0 Å². The van der Waals surface area contributed by atoms with Crippen LogP contribution < -0.4 is 10.6 Å². The third kappa shape index (κ3) is 4.79. The van der Waals surface area contributed by atoms with Gasteiger partial charge in [-0.2, -0.15) is 0 Å². The highest BCUT2D eigenvalue weighted by Gasteiger charge is 2.30. The molecule has 1 saturated heterocycles. The number of hydrogen-bond acceptors (Lipinski definition) is 6. The molecule has 2 N–H and O–H groups in total. The molecule has 0 atom stereocenters. The topological polar surface area (TPSA) is 109 Å². The molecule has 2 aromatic carbocycles. The highest BCUT2D eigenvalue weighted by molar-refractivity contribution is 6.28. The molecule has 1 aliphatic heterocycles. The first-order chi connectivity index (χ1) is 17.0.